The van der Waals surface area contributed by atoms with Crippen LogP contribution in [0.2, 0.25) is 0 Å². The Hall–Kier alpha value is -1.64. The Balaban J connectivity index is 2.35. The van der Waals surface area contributed by atoms with Gasteiger partial charge in [-0.3, -0.25) is 9.78 Å². The summed E-state index contributed by atoms with van der Waals surface area (Å²) in [5.74, 6) is 0.190. The summed E-state index contributed by atoms with van der Waals surface area (Å²) >= 11 is 0. The van der Waals surface area contributed by atoms with E-state index in [9.17, 15) is 18.0 Å². The largest absolute Gasteiger partial charge is 0.347 e. The molecule has 8 nitrogen and oxygen atoms in total. The smallest absolute Gasteiger partial charge is 0.342 e. The second kappa shape index (κ2) is 4.56. The minimum Gasteiger partial charge on any atom is -0.347 e. The molecule has 2 rings (SSSR count). The second-order valence-electron chi connectivity index (χ2n) is 4.17. The first-order valence-corrected chi connectivity index (χ1v) is 7.41. The number of rotatable bonds is 3. The van der Waals surface area contributed by atoms with Crippen molar-refractivity contribution in [2.24, 2.45) is 0 Å². The van der Waals surface area contributed by atoms with Gasteiger partial charge in [0.05, 0.1) is 11.5 Å². The fraction of sp³-hybridized carbons (Fsp3) is 0.667. The molecule has 0 bridgehead atoms. The van der Waals surface area contributed by atoms with Crippen molar-refractivity contribution in [2.45, 2.75) is 19.4 Å². The Labute approximate surface area is 103 Å². The normalized spacial score (nSPS) is 21.9. The van der Waals surface area contributed by atoms with Crippen LogP contribution in [0.15, 0.2) is 9.59 Å². The van der Waals surface area contributed by atoms with Crippen molar-refractivity contribution in [1.29, 1.82) is 0 Å². The Morgan fingerprint density at radius 2 is 2.17 bits per heavy atom. The molecule has 0 amide bonds. The Morgan fingerprint density at radius 3 is 2.67 bits per heavy atom. The van der Waals surface area contributed by atoms with Crippen molar-refractivity contribution in [3.05, 3.63) is 20.8 Å². The number of aromatic nitrogens is 3. The molecule has 18 heavy (non-hydrogen) atoms. The van der Waals surface area contributed by atoms with Crippen LogP contribution in [0.3, 0.4) is 0 Å². The summed E-state index contributed by atoms with van der Waals surface area (Å²) in [4.78, 5) is 26.2. The number of sulfone groups is 1. The van der Waals surface area contributed by atoms with E-state index in [1.165, 1.54) is 0 Å². The lowest BCUT2D eigenvalue weighted by Gasteiger charge is -2.26. The minimum atomic E-state index is -3.03. The Bertz CT molecular complexity index is 647. The van der Waals surface area contributed by atoms with Gasteiger partial charge in [-0.25, -0.2) is 18.3 Å². The molecule has 9 heteroatoms. The fourth-order valence-electron chi connectivity index (χ4n) is 2.14. The van der Waals surface area contributed by atoms with E-state index in [-0.39, 0.29) is 23.4 Å². The number of anilines is 1. The van der Waals surface area contributed by atoms with Crippen LogP contribution in [-0.2, 0) is 9.84 Å². The highest BCUT2D eigenvalue weighted by Crippen LogP contribution is 2.19. The summed E-state index contributed by atoms with van der Waals surface area (Å²) in [6.07, 6.45) is 0.469. The van der Waals surface area contributed by atoms with Gasteiger partial charge in [0.1, 0.15) is 0 Å². The number of hydrogen-bond acceptors (Lipinski definition) is 6. The maximum Gasteiger partial charge on any atom is 0.342 e. The first-order valence-electron chi connectivity index (χ1n) is 5.59. The Kier molecular flexibility index (Phi) is 3.24. The van der Waals surface area contributed by atoms with Crippen molar-refractivity contribution < 1.29 is 8.42 Å². The molecule has 0 aliphatic carbocycles. The van der Waals surface area contributed by atoms with Crippen LogP contribution in [0.5, 0.6) is 0 Å². The predicted molar refractivity (Wildman–Crippen MR) is 65.6 cm³/mol. The van der Waals surface area contributed by atoms with E-state index < -0.39 is 21.1 Å². The molecule has 0 spiro atoms. The third-order valence-electron chi connectivity index (χ3n) is 2.96. The number of nitrogens with zero attached hydrogens (tertiary/aromatic N) is 2. The van der Waals surface area contributed by atoms with E-state index in [0.29, 0.717) is 13.0 Å². The molecular formula is C9H14N4O4S. The SMILES string of the molecule is CCN(c1n[nH]c(=O)[nH]c1=O)C1CCS(=O)(=O)C1. The molecule has 1 aromatic heterocycles. The van der Waals surface area contributed by atoms with Gasteiger partial charge in [0.2, 0.25) is 5.82 Å². The molecule has 1 fully saturated rings. The maximum atomic E-state index is 11.6. The van der Waals surface area contributed by atoms with E-state index in [0.717, 1.165) is 0 Å². The highest BCUT2D eigenvalue weighted by molar-refractivity contribution is 7.91. The van der Waals surface area contributed by atoms with E-state index in [4.69, 9.17) is 0 Å². The van der Waals surface area contributed by atoms with E-state index in [1.807, 2.05) is 0 Å². The number of H-pyrrole nitrogens is 2. The van der Waals surface area contributed by atoms with Crippen LogP contribution in [0, 0.1) is 0 Å². The van der Waals surface area contributed by atoms with Gasteiger partial charge in [0.25, 0.3) is 5.56 Å². The van der Waals surface area contributed by atoms with Crippen molar-refractivity contribution in [1.82, 2.24) is 15.2 Å². The summed E-state index contributed by atoms with van der Waals surface area (Å²) in [6, 6.07) is -0.264. The number of aromatic amines is 2. The van der Waals surface area contributed by atoms with Crippen molar-refractivity contribution in [2.75, 3.05) is 23.0 Å². The van der Waals surface area contributed by atoms with E-state index >= 15 is 0 Å². The van der Waals surface area contributed by atoms with Crippen molar-refractivity contribution >= 4 is 15.7 Å². The van der Waals surface area contributed by atoms with Crippen LogP contribution in [0.1, 0.15) is 13.3 Å². The topological polar surface area (TPSA) is 116 Å². The van der Waals surface area contributed by atoms with Crippen molar-refractivity contribution in [3.63, 3.8) is 0 Å². The molecule has 100 valence electrons. The van der Waals surface area contributed by atoms with E-state index in [2.05, 4.69) is 15.2 Å². The molecule has 2 N–H and O–H groups in total. The lowest BCUT2D eigenvalue weighted by Crippen LogP contribution is -2.42. The molecule has 0 aromatic carbocycles. The molecule has 1 saturated heterocycles. The summed E-state index contributed by atoms with van der Waals surface area (Å²) in [5.41, 5.74) is -1.29. The first-order chi connectivity index (χ1) is 8.43. The third kappa shape index (κ3) is 2.45. The molecular weight excluding hydrogens is 260 g/mol. The molecule has 2 heterocycles. The Morgan fingerprint density at radius 1 is 1.44 bits per heavy atom. The van der Waals surface area contributed by atoms with Gasteiger partial charge >= 0.3 is 5.69 Å². The van der Waals surface area contributed by atoms with Crippen LogP contribution < -0.4 is 16.1 Å². The van der Waals surface area contributed by atoms with Crippen LogP contribution in [0.4, 0.5) is 5.82 Å². The lowest BCUT2D eigenvalue weighted by molar-refractivity contribution is 0.598. The molecule has 1 atom stereocenters. The quantitative estimate of drug-likeness (QED) is 0.691. The third-order valence-corrected chi connectivity index (χ3v) is 4.71. The van der Waals surface area contributed by atoms with Crippen molar-refractivity contribution in [3.8, 4) is 0 Å². The van der Waals surface area contributed by atoms with Gasteiger partial charge in [-0.1, -0.05) is 0 Å². The summed E-state index contributed by atoms with van der Waals surface area (Å²) < 4.78 is 22.9. The predicted octanol–water partition coefficient (Wildman–Crippen LogP) is -1.53. The van der Waals surface area contributed by atoms with E-state index in [1.54, 1.807) is 11.8 Å². The number of hydrogen-bond donors (Lipinski definition) is 2. The molecule has 1 unspecified atom stereocenters. The average Bonchev–Trinajstić information content (AvgIpc) is 2.63. The highest BCUT2D eigenvalue weighted by Gasteiger charge is 2.33. The monoisotopic (exact) mass is 274 g/mol. The van der Waals surface area contributed by atoms with Crippen LogP contribution in [-0.4, -0.2) is 47.7 Å². The van der Waals surface area contributed by atoms with Gasteiger partial charge < -0.3 is 4.90 Å². The van der Waals surface area contributed by atoms with Gasteiger partial charge in [0, 0.05) is 12.6 Å². The lowest BCUT2D eigenvalue weighted by atomic mass is 10.2. The molecule has 0 radical (unpaired) electrons. The zero-order valence-electron chi connectivity index (χ0n) is 9.84. The van der Waals surface area contributed by atoms with Gasteiger partial charge in [-0.2, -0.15) is 0 Å². The molecule has 1 aliphatic heterocycles. The summed E-state index contributed by atoms with van der Waals surface area (Å²) in [6.45, 7) is 2.25. The summed E-state index contributed by atoms with van der Waals surface area (Å²) in [5, 5.41) is 5.84. The minimum absolute atomic E-state index is 0.0150. The highest BCUT2D eigenvalue weighted by atomic mass is 32.2. The van der Waals surface area contributed by atoms with Gasteiger partial charge in [-0.15, -0.1) is 5.10 Å². The molecule has 1 aromatic rings. The fourth-order valence-corrected chi connectivity index (χ4v) is 3.87. The average molecular weight is 274 g/mol. The second-order valence-corrected chi connectivity index (χ2v) is 6.40. The van der Waals surface area contributed by atoms with Crippen LogP contribution in [0.25, 0.3) is 0 Å². The standard InChI is InChI=1S/C9H14N4O4S/c1-2-13(6-3-4-18(16,17)5-6)7-8(14)10-9(15)12-11-7/h6H,2-5H2,1H3,(H2,10,12,14,15). The van der Waals surface area contributed by atoms with Crippen LogP contribution >= 0.6 is 0 Å². The summed E-state index contributed by atoms with van der Waals surface area (Å²) in [7, 11) is -3.03. The number of nitrogens with one attached hydrogen (secondary N) is 2. The molecule has 1 aliphatic rings. The zero-order chi connectivity index (χ0) is 13.3. The van der Waals surface area contributed by atoms with Gasteiger partial charge in [0.15, 0.2) is 9.84 Å². The maximum absolute atomic E-state index is 11.6. The van der Waals surface area contributed by atoms with Gasteiger partial charge in [-0.05, 0) is 13.3 Å². The zero-order valence-corrected chi connectivity index (χ0v) is 10.7. The molecule has 0 saturated carbocycles. The first kappa shape index (κ1) is 12.8.